The van der Waals surface area contributed by atoms with Crippen LogP contribution in [0.25, 0.3) is 0 Å². The maximum absolute atomic E-state index is 6.20. The van der Waals surface area contributed by atoms with Gasteiger partial charge >= 0.3 is 0 Å². The molecule has 1 unspecified atom stereocenters. The van der Waals surface area contributed by atoms with Gasteiger partial charge in [0.15, 0.2) is 5.96 Å². The number of nitrogens with two attached hydrogens (primary N) is 1. The standard InChI is InChI=1S/C16H17N3OS/c17-15-18-11-16(19(15)10-12-4-3-9-21-12)7-8-20-14-6-2-1-5-13(14)16/h1-6,9H,7-8,10-11H2,(H2,17,18). The van der Waals surface area contributed by atoms with Gasteiger partial charge in [-0.25, -0.2) is 0 Å². The minimum Gasteiger partial charge on any atom is -0.493 e. The van der Waals surface area contributed by atoms with Crippen LogP contribution in [0.4, 0.5) is 0 Å². The van der Waals surface area contributed by atoms with E-state index in [1.54, 1.807) is 11.3 Å². The zero-order valence-corrected chi connectivity index (χ0v) is 12.5. The summed E-state index contributed by atoms with van der Waals surface area (Å²) in [6, 6.07) is 12.5. The minimum atomic E-state index is -0.150. The summed E-state index contributed by atoms with van der Waals surface area (Å²) in [5, 5.41) is 2.10. The van der Waals surface area contributed by atoms with Crippen LogP contribution in [-0.4, -0.2) is 24.0 Å². The van der Waals surface area contributed by atoms with Gasteiger partial charge in [-0.1, -0.05) is 24.3 Å². The molecular formula is C16H17N3OS. The van der Waals surface area contributed by atoms with Gasteiger partial charge in [-0.05, 0) is 17.5 Å². The molecule has 1 atom stereocenters. The number of hydrogen-bond acceptors (Lipinski definition) is 5. The molecule has 1 spiro atoms. The summed E-state index contributed by atoms with van der Waals surface area (Å²) in [7, 11) is 0. The first-order valence-electron chi connectivity index (χ1n) is 7.12. The lowest BCUT2D eigenvalue weighted by Gasteiger charge is -2.42. The van der Waals surface area contributed by atoms with E-state index in [1.165, 1.54) is 10.4 Å². The first-order chi connectivity index (χ1) is 10.3. The molecule has 108 valence electrons. The summed E-state index contributed by atoms with van der Waals surface area (Å²) in [5.74, 6) is 1.60. The zero-order chi connectivity index (χ0) is 14.3. The number of ether oxygens (including phenoxy) is 1. The van der Waals surface area contributed by atoms with Crippen molar-refractivity contribution in [2.75, 3.05) is 13.2 Å². The fourth-order valence-corrected chi connectivity index (χ4v) is 3.97. The van der Waals surface area contributed by atoms with E-state index >= 15 is 0 Å². The van der Waals surface area contributed by atoms with Gasteiger partial charge in [-0.15, -0.1) is 11.3 Å². The van der Waals surface area contributed by atoms with Crippen molar-refractivity contribution >= 4 is 17.3 Å². The Morgan fingerprint density at radius 3 is 3.05 bits per heavy atom. The fourth-order valence-electron chi connectivity index (χ4n) is 3.28. The van der Waals surface area contributed by atoms with Crippen LogP contribution in [0.2, 0.25) is 0 Å². The average molecular weight is 299 g/mol. The van der Waals surface area contributed by atoms with Gasteiger partial charge in [-0.2, -0.15) is 0 Å². The third-order valence-corrected chi connectivity index (χ3v) is 5.21. The van der Waals surface area contributed by atoms with Crippen molar-refractivity contribution in [2.45, 2.75) is 18.5 Å². The number of fused-ring (bicyclic) bond motifs is 2. The number of benzene rings is 1. The average Bonchev–Trinajstić information content (AvgIpc) is 3.13. The van der Waals surface area contributed by atoms with Crippen LogP contribution < -0.4 is 10.5 Å². The first-order valence-corrected chi connectivity index (χ1v) is 8.00. The monoisotopic (exact) mass is 299 g/mol. The third-order valence-electron chi connectivity index (χ3n) is 4.35. The molecule has 2 N–H and O–H groups in total. The molecule has 2 aromatic rings. The highest BCUT2D eigenvalue weighted by Crippen LogP contribution is 2.44. The molecule has 0 aliphatic carbocycles. The molecule has 2 aliphatic heterocycles. The van der Waals surface area contributed by atoms with E-state index in [1.807, 2.05) is 12.1 Å². The highest BCUT2D eigenvalue weighted by atomic mass is 32.1. The largest absolute Gasteiger partial charge is 0.493 e. The predicted molar refractivity (Wildman–Crippen MR) is 84.6 cm³/mol. The number of nitrogens with zero attached hydrogens (tertiary/aromatic N) is 2. The molecule has 0 amide bonds. The molecule has 4 nitrogen and oxygen atoms in total. The van der Waals surface area contributed by atoms with Crippen LogP contribution in [0.3, 0.4) is 0 Å². The molecule has 1 aromatic carbocycles. The SMILES string of the molecule is NC1=NCC2(CCOc3ccccc32)N1Cc1cccs1. The van der Waals surface area contributed by atoms with Crippen LogP contribution in [-0.2, 0) is 12.1 Å². The Labute approximate surface area is 127 Å². The topological polar surface area (TPSA) is 50.9 Å². The molecule has 2 aliphatic rings. The maximum atomic E-state index is 6.20. The number of guanidine groups is 1. The summed E-state index contributed by atoms with van der Waals surface area (Å²) < 4.78 is 5.81. The van der Waals surface area contributed by atoms with Gasteiger partial charge in [0.05, 0.1) is 25.2 Å². The van der Waals surface area contributed by atoms with Crippen LogP contribution in [0.15, 0.2) is 46.8 Å². The summed E-state index contributed by atoms with van der Waals surface area (Å²) in [6.45, 7) is 2.23. The van der Waals surface area contributed by atoms with E-state index in [0.717, 1.165) is 18.7 Å². The Kier molecular flexibility index (Phi) is 2.89. The van der Waals surface area contributed by atoms with E-state index in [9.17, 15) is 0 Å². The molecule has 0 saturated carbocycles. The fraction of sp³-hybridized carbons (Fsp3) is 0.312. The van der Waals surface area contributed by atoms with Gasteiger partial charge in [0.2, 0.25) is 0 Å². The molecule has 0 radical (unpaired) electrons. The lowest BCUT2D eigenvalue weighted by atomic mass is 9.83. The van der Waals surface area contributed by atoms with Crippen molar-refractivity contribution in [1.82, 2.24) is 4.90 Å². The summed E-state index contributed by atoms with van der Waals surface area (Å²) in [5.41, 5.74) is 7.25. The Balaban J connectivity index is 1.77. The van der Waals surface area contributed by atoms with Gasteiger partial charge in [0.1, 0.15) is 5.75 Å². The van der Waals surface area contributed by atoms with Crippen molar-refractivity contribution in [3.05, 3.63) is 52.2 Å². The number of aliphatic imine (C=N–C) groups is 1. The highest BCUT2D eigenvalue weighted by Gasteiger charge is 2.47. The minimum absolute atomic E-state index is 0.150. The van der Waals surface area contributed by atoms with Crippen LogP contribution >= 0.6 is 11.3 Å². The Bertz CT molecular complexity index is 683. The van der Waals surface area contributed by atoms with E-state index in [0.29, 0.717) is 19.1 Å². The molecule has 1 aromatic heterocycles. The number of thiophene rings is 1. The lowest BCUT2D eigenvalue weighted by Crippen LogP contribution is -2.51. The molecule has 21 heavy (non-hydrogen) atoms. The normalized spacial score (nSPS) is 23.8. The van der Waals surface area contributed by atoms with Gasteiger partial charge < -0.3 is 15.4 Å². The number of para-hydroxylation sites is 1. The second kappa shape index (κ2) is 4.77. The first kappa shape index (κ1) is 12.7. The van der Waals surface area contributed by atoms with Crippen LogP contribution in [0, 0.1) is 0 Å². The molecule has 0 saturated heterocycles. The molecule has 0 fully saturated rings. The van der Waals surface area contributed by atoms with Crippen molar-refractivity contribution in [3.63, 3.8) is 0 Å². The molecular weight excluding hydrogens is 282 g/mol. The second-order valence-corrected chi connectivity index (χ2v) is 6.50. The van der Waals surface area contributed by atoms with Crippen molar-refractivity contribution in [1.29, 1.82) is 0 Å². The molecule has 0 bridgehead atoms. The summed E-state index contributed by atoms with van der Waals surface area (Å²) in [6.07, 6.45) is 0.916. The quantitative estimate of drug-likeness (QED) is 0.927. The van der Waals surface area contributed by atoms with Gasteiger partial charge in [0, 0.05) is 16.9 Å². The number of hydrogen-bond donors (Lipinski definition) is 1. The zero-order valence-electron chi connectivity index (χ0n) is 11.7. The summed E-state index contributed by atoms with van der Waals surface area (Å²) >= 11 is 1.76. The maximum Gasteiger partial charge on any atom is 0.192 e. The molecule has 5 heteroatoms. The Hall–Kier alpha value is -2.01. The summed E-state index contributed by atoms with van der Waals surface area (Å²) in [4.78, 5) is 8.10. The lowest BCUT2D eigenvalue weighted by molar-refractivity contribution is 0.117. The smallest absolute Gasteiger partial charge is 0.192 e. The molecule has 3 heterocycles. The predicted octanol–water partition coefficient (Wildman–Crippen LogP) is 2.56. The van der Waals surface area contributed by atoms with Crippen molar-refractivity contribution in [3.8, 4) is 5.75 Å². The van der Waals surface area contributed by atoms with Gasteiger partial charge in [-0.3, -0.25) is 4.99 Å². The Morgan fingerprint density at radius 1 is 1.29 bits per heavy atom. The van der Waals surface area contributed by atoms with Crippen molar-refractivity contribution in [2.24, 2.45) is 10.7 Å². The van der Waals surface area contributed by atoms with E-state index < -0.39 is 0 Å². The third kappa shape index (κ3) is 1.92. The van der Waals surface area contributed by atoms with Crippen LogP contribution in [0.5, 0.6) is 5.75 Å². The van der Waals surface area contributed by atoms with E-state index in [2.05, 4.69) is 39.5 Å². The van der Waals surface area contributed by atoms with Crippen molar-refractivity contribution < 1.29 is 4.74 Å². The second-order valence-electron chi connectivity index (χ2n) is 5.47. The van der Waals surface area contributed by atoms with E-state index in [-0.39, 0.29) is 5.54 Å². The van der Waals surface area contributed by atoms with Crippen LogP contribution in [0.1, 0.15) is 16.9 Å². The van der Waals surface area contributed by atoms with Gasteiger partial charge in [0.25, 0.3) is 0 Å². The van der Waals surface area contributed by atoms with E-state index in [4.69, 9.17) is 10.5 Å². The number of rotatable bonds is 2. The highest BCUT2D eigenvalue weighted by molar-refractivity contribution is 7.09. The molecule has 4 rings (SSSR count). The Morgan fingerprint density at radius 2 is 2.19 bits per heavy atom.